The standard InChI is InChI=1S/C15H16O2.C2H6/c1-12-8-9-14(10-15(12)16-2)17-11-13-6-4-3-5-7-13;1-2/h3-10H,11H2,1-2H3;1-2H3. The molecule has 2 aromatic carbocycles. The Hall–Kier alpha value is -1.96. The summed E-state index contributed by atoms with van der Waals surface area (Å²) in [6, 6.07) is 16.0. The fourth-order valence-electron chi connectivity index (χ4n) is 1.63. The third-order valence-corrected chi connectivity index (χ3v) is 2.63. The highest BCUT2D eigenvalue weighted by molar-refractivity contribution is 5.39. The van der Waals surface area contributed by atoms with E-state index in [1.54, 1.807) is 7.11 Å². The monoisotopic (exact) mass is 258 g/mol. The van der Waals surface area contributed by atoms with Gasteiger partial charge in [0.25, 0.3) is 0 Å². The van der Waals surface area contributed by atoms with E-state index in [2.05, 4.69) is 0 Å². The second-order valence-electron chi connectivity index (χ2n) is 3.91. The third-order valence-electron chi connectivity index (χ3n) is 2.63. The lowest BCUT2D eigenvalue weighted by Gasteiger charge is -2.09. The van der Waals surface area contributed by atoms with Crippen LogP contribution in [-0.2, 0) is 6.61 Å². The summed E-state index contributed by atoms with van der Waals surface area (Å²) >= 11 is 0. The van der Waals surface area contributed by atoms with Crippen LogP contribution in [0.4, 0.5) is 0 Å². The molecule has 0 amide bonds. The van der Waals surface area contributed by atoms with E-state index >= 15 is 0 Å². The number of methoxy groups -OCH3 is 1. The van der Waals surface area contributed by atoms with Crippen molar-refractivity contribution >= 4 is 0 Å². The summed E-state index contributed by atoms with van der Waals surface area (Å²) in [4.78, 5) is 0. The van der Waals surface area contributed by atoms with Gasteiger partial charge < -0.3 is 9.47 Å². The number of aryl methyl sites for hydroxylation is 1. The Bertz CT molecular complexity index is 478. The minimum atomic E-state index is 0.576. The van der Waals surface area contributed by atoms with Crippen LogP contribution in [0.15, 0.2) is 48.5 Å². The Morgan fingerprint density at radius 2 is 1.63 bits per heavy atom. The molecule has 0 heterocycles. The summed E-state index contributed by atoms with van der Waals surface area (Å²) < 4.78 is 11.0. The summed E-state index contributed by atoms with van der Waals surface area (Å²) in [7, 11) is 1.67. The first-order valence-electron chi connectivity index (χ1n) is 6.61. The van der Waals surface area contributed by atoms with E-state index in [0.717, 1.165) is 22.6 Å². The van der Waals surface area contributed by atoms with Gasteiger partial charge in [-0.25, -0.2) is 0 Å². The molecule has 0 unspecified atom stereocenters. The van der Waals surface area contributed by atoms with Crippen molar-refractivity contribution in [1.29, 1.82) is 0 Å². The van der Waals surface area contributed by atoms with E-state index in [1.807, 2.05) is 69.3 Å². The van der Waals surface area contributed by atoms with E-state index < -0.39 is 0 Å². The number of hydrogen-bond acceptors (Lipinski definition) is 2. The van der Waals surface area contributed by atoms with Crippen molar-refractivity contribution in [3.8, 4) is 11.5 Å². The molecule has 102 valence electrons. The Morgan fingerprint density at radius 1 is 0.947 bits per heavy atom. The zero-order chi connectivity index (χ0) is 14.1. The van der Waals surface area contributed by atoms with Crippen molar-refractivity contribution in [1.82, 2.24) is 0 Å². The number of benzene rings is 2. The molecule has 0 aromatic heterocycles. The quantitative estimate of drug-likeness (QED) is 0.797. The summed E-state index contributed by atoms with van der Waals surface area (Å²) in [6.45, 7) is 6.59. The molecule has 0 saturated heterocycles. The first kappa shape index (κ1) is 15.1. The molecule has 0 saturated carbocycles. The number of ether oxygens (including phenoxy) is 2. The van der Waals surface area contributed by atoms with Gasteiger partial charge in [0.2, 0.25) is 0 Å². The van der Waals surface area contributed by atoms with Gasteiger partial charge in [-0.15, -0.1) is 0 Å². The SMILES string of the molecule is CC.COc1cc(OCc2ccccc2)ccc1C. The zero-order valence-electron chi connectivity index (χ0n) is 12.1. The Kier molecular flexibility index (Phi) is 6.51. The molecule has 2 aromatic rings. The van der Waals surface area contributed by atoms with Gasteiger partial charge in [0.1, 0.15) is 18.1 Å². The summed E-state index contributed by atoms with van der Waals surface area (Å²) in [6.07, 6.45) is 0. The summed E-state index contributed by atoms with van der Waals surface area (Å²) in [5.74, 6) is 1.69. The highest BCUT2D eigenvalue weighted by Crippen LogP contribution is 2.24. The van der Waals surface area contributed by atoms with Gasteiger partial charge in [-0.1, -0.05) is 50.2 Å². The third kappa shape index (κ3) is 4.66. The van der Waals surface area contributed by atoms with Crippen LogP contribution in [0.1, 0.15) is 25.0 Å². The van der Waals surface area contributed by atoms with Crippen molar-refractivity contribution in [2.75, 3.05) is 7.11 Å². The molecule has 0 fully saturated rings. The first-order valence-corrected chi connectivity index (χ1v) is 6.61. The maximum atomic E-state index is 5.71. The van der Waals surface area contributed by atoms with Crippen molar-refractivity contribution < 1.29 is 9.47 Å². The lowest BCUT2D eigenvalue weighted by Crippen LogP contribution is -1.96. The predicted octanol–water partition coefficient (Wildman–Crippen LogP) is 4.61. The molecule has 0 N–H and O–H groups in total. The predicted molar refractivity (Wildman–Crippen MR) is 79.9 cm³/mol. The van der Waals surface area contributed by atoms with Crippen LogP contribution in [0.3, 0.4) is 0 Å². The van der Waals surface area contributed by atoms with Crippen molar-refractivity contribution in [2.24, 2.45) is 0 Å². The van der Waals surface area contributed by atoms with Gasteiger partial charge in [-0.2, -0.15) is 0 Å². The number of hydrogen-bond donors (Lipinski definition) is 0. The molecule has 2 rings (SSSR count). The Balaban J connectivity index is 0.000000861. The minimum absolute atomic E-state index is 0.576. The maximum Gasteiger partial charge on any atom is 0.125 e. The summed E-state index contributed by atoms with van der Waals surface area (Å²) in [5, 5.41) is 0. The lowest BCUT2D eigenvalue weighted by atomic mass is 10.2. The average molecular weight is 258 g/mol. The van der Waals surface area contributed by atoms with E-state index in [1.165, 1.54) is 0 Å². The van der Waals surface area contributed by atoms with Crippen LogP contribution in [0, 0.1) is 6.92 Å². The summed E-state index contributed by atoms with van der Waals surface area (Å²) in [5.41, 5.74) is 2.27. The second kappa shape index (κ2) is 8.20. The van der Waals surface area contributed by atoms with Crippen LogP contribution in [0.25, 0.3) is 0 Å². The topological polar surface area (TPSA) is 18.5 Å². The van der Waals surface area contributed by atoms with E-state index in [0.29, 0.717) is 6.61 Å². The van der Waals surface area contributed by atoms with Gasteiger partial charge >= 0.3 is 0 Å². The van der Waals surface area contributed by atoms with E-state index in [4.69, 9.17) is 9.47 Å². The molecule has 0 atom stereocenters. The van der Waals surface area contributed by atoms with Crippen molar-refractivity contribution in [3.05, 3.63) is 59.7 Å². The zero-order valence-corrected chi connectivity index (χ0v) is 12.1. The van der Waals surface area contributed by atoms with Crippen molar-refractivity contribution in [3.63, 3.8) is 0 Å². The molecular formula is C17H22O2. The van der Waals surface area contributed by atoms with Gasteiger partial charge in [-0.05, 0) is 24.1 Å². The smallest absolute Gasteiger partial charge is 0.125 e. The molecule has 0 bridgehead atoms. The number of rotatable bonds is 4. The van der Waals surface area contributed by atoms with Gasteiger partial charge in [-0.3, -0.25) is 0 Å². The first-order chi connectivity index (χ1) is 9.29. The molecule has 0 radical (unpaired) electrons. The van der Waals surface area contributed by atoms with Gasteiger partial charge in [0.15, 0.2) is 0 Å². The Morgan fingerprint density at radius 3 is 2.26 bits per heavy atom. The fraction of sp³-hybridized carbons (Fsp3) is 0.294. The molecule has 0 aliphatic rings. The van der Waals surface area contributed by atoms with Gasteiger partial charge in [0.05, 0.1) is 7.11 Å². The van der Waals surface area contributed by atoms with Crippen LogP contribution in [0.5, 0.6) is 11.5 Å². The van der Waals surface area contributed by atoms with Crippen LogP contribution >= 0.6 is 0 Å². The molecule has 0 spiro atoms. The highest BCUT2D eigenvalue weighted by Gasteiger charge is 2.01. The molecule has 19 heavy (non-hydrogen) atoms. The molecule has 0 aliphatic carbocycles. The molecule has 2 heteroatoms. The highest BCUT2D eigenvalue weighted by atomic mass is 16.5. The Labute approximate surface area is 116 Å². The minimum Gasteiger partial charge on any atom is -0.496 e. The largest absolute Gasteiger partial charge is 0.496 e. The fourth-order valence-corrected chi connectivity index (χ4v) is 1.63. The molecule has 2 nitrogen and oxygen atoms in total. The second-order valence-corrected chi connectivity index (χ2v) is 3.91. The van der Waals surface area contributed by atoms with Gasteiger partial charge in [0, 0.05) is 6.07 Å². The van der Waals surface area contributed by atoms with Crippen molar-refractivity contribution in [2.45, 2.75) is 27.4 Å². The molecular weight excluding hydrogens is 236 g/mol. The van der Waals surface area contributed by atoms with Crippen LogP contribution in [0.2, 0.25) is 0 Å². The average Bonchev–Trinajstić information content (AvgIpc) is 2.49. The van der Waals surface area contributed by atoms with E-state index in [-0.39, 0.29) is 0 Å². The maximum absolute atomic E-state index is 5.71. The normalized spacial score (nSPS) is 9.26. The van der Waals surface area contributed by atoms with Crippen LogP contribution < -0.4 is 9.47 Å². The van der Waals surface area contributed by atoms with E-state index in [9.17, 15) is 0 Å². The molecule has 0 aliphatic heterocycles. The lowest BCUT2D eigenvalue weighted by molar-refractivity contribution is 0.303. The van der Waals surface area contributed by atoms with Crippen LogP contribution in [-0.4, -0.2) is 7.11 Å².